The molecule has 0 aliphatic rings. The highest BCUT2D eigenvalue weighted by molar-refractivity contribution is 9.10. The lowest BCUT2D eigenvalue weighted by Gasteiger charge is -2.00. The van der Waals surface area contributed by atoms with Crippen molar-refractivity contribution in [3.05, 3.63) is 46.1 Å². The Kier molecular flexibility index (Phi) is 2.01. The number of benzene rings is 2. The molecule has 0 atom stereocenters. The zero-order chi connectivity index (χ0) is 10.4. The summed E-state index contributed by atoms with van der Waals surface area (Å²) < 4.78 is 6.22. The molecule has 1 nitrogen and oxygen atoms in total. The standard InChI is InChI=1S/C12H6BrClO/c13-11-6-8-10(15-11)5-4-7-2-1-3-9(14)12(7)8/h1-6H. The number of halogens is 2. The first-order chi connectivity index (χ1) is 7.25. The summed E-state index contributed by atoms with van der Waals surface area (Å²) in [5.41, 5.74) is 0.850. The van der Waals surface area contributed by atoms with Gasteiger partial charge in [-0.3, -0.25) is 0 Å². The van der Waals surface area contributed by atoms with Crippen LogP contribution in [-0.2, 0) is 0 Å². The van der Waals surface area contributed by atoms with Crippen LogP contribution in [0.15, 0.2) is 45.5 Å². The summed E-state index contributed by atoms with van der Waals surface area (Å²) in [6, 6.07) is 11.8. The largest absolute Gasteiger partial charge is 0.449 e. The van der Waals surface area contributed by atoms with Gasteiger partial charge in [-0.25, -0.2) is 0 Å². The van der Waals surface area contributed by atoms with Gasteiger partial charge >= 0.3 is 0 Å². The lowest BCUT2D eigenvalue weighted by molar-refractivity contribution is 0.587. The maximum absolute atomic E-state index is 6.19. The van der Waals surface area contributed by atoms with E-state index in [-0.39, 0.29) is 0 Å². The summed E-state index contributed by atoms with van der Waals surface area (Å²) in [6.07, 6.45) is 0. The van der Waals surface area contributed by atoms with Crippen molar-refractivity contribution in [3.8, 4) is 0 Å². The van der Waals surface area contributed by atoms with Gasteiger partial charge in [-0.1, -0.05) is 29.8 Å². The molecule has 0 fully saturated rings. The molecular weight excluding hydrogens is 275 g/mol. The van der Waals surface area contributed by atoms with Crippen molar-refractivity contribution < 1.29 is 4.42 Å². The van der Waals surface area contributed by atoms with Crippen LogP contribution >= 0.6 is 27.5 Å². The number of rotatable bonds is 0. The summed E-state index contributed by atoms with van der Waals surface area (Å²) >= 11 is 9.51. The summed E-state index contributed by atoms with van der Waals surface area (Å²) in [5, 5.41) is 3.98. The van der Waals surface area contributed by atoms with E-state index in [2.05, 4.69) is 15.9 Å². The van der Waals surface area contributed by atoms with E-state index in [1.807, 2.05) is 36.4 Å². The Morgan fingerprint density at radius 1 is 1.13 bits per heavy atom. The van der Waals surface area contributed by atoms with Gasteiger partial charge in [-0.2, -0.15) is 0 Å². The third-order valence-electron chi connectivity index (χ3n) is 2.46. The monoisotopic (exact) mass is 280 g/mol. The molecule has 3 aromatic rings. The molecule has 0 saturated heterocycles. The molecule has 3 rings (SSSR count). The average Bonchev–Trinajstić information content (AvgIpc) is 2.58. The minimum Gasteiger partial charge on any atom is -0.449 e. The fourth-order valence-corrected chi connectivity index (χ4v) is 2.51. The third-order valence-corrected chi connectivity index (χ3v) is 3.17. The van der Waals surface area contributed by atoms with Crippen molar-refractivity contribution in [1.29, 1.82) is 0 Å². The predicted molar refractivity (Wildman–Crippen MR) is 66.4 cm³/mol. The quantitative estimate of drug-likeness (QED) is 0.565. The highest BCUT2D eigenvalue weighted by Gasteiger charge is 2.07. The summed E-state index contributed by atoms with van der Waals surface area (Å²) in [4.78, 5) is 0. The number of furan rings is 1. The fraction of sp³-hybridized carbons (Fsp3) is 0. The van der Waals surface area contributed by atoms with Gasteiger partial charge in [-0.15, -0.1) is 0 Å². The Bertz CT molecular complexity index is 657. The van der Waals surface area contributed by atoms with Crippen LogP contribution in [0.1, 0.15) is 0 Å². The predicted octanol–water partition coefficient (Wildman–Crippen LogP) is 5.00. The second-order valence-electron chi connectivity index (χ2n) is 3.37. The van der Waals surface area contributed by atoms with E-state index in [1.54, 1.807) is 0 Å². The van der Waals surface area contributed by atoms with Crippen molar-refractivity contribution in [2.45, 2.75) is 0 Å². The normalized spacial score (nSPS) is 11.3. The van der Waals surface area contributed by atoms with Gasteiger partial charge in [0.25, 0.3) is 0 Å². The molecule has 0 aliphatic heterocycles. The van der Waals surface area contributed by atoms with E-state index < -0.39 is 0 Å². The molecule has 2 aromatic carbocycles. The van der Waals surface area contributed by atoms with Gasteiger partial charge in [0, 0.05) is 15.8 Å². The Morgan fingerprint density at radius 3 is 2.87 bits per heavy atom. The third kappa shape index (κ3) is 1.36. The second-order valence-corrected chi connectivity index (χ2v) is 4.55. The first-order valence-corrected chi connectivity index (χ1v) is 5.69. The van der Waals surface area contributed by atoms with E-state index in [0.29, 0.717) is 0 Å². The smallest absolute Gasteiger partial charge is 0.170 e. The topological polar surface area (TPSA) is 13.1 Å². The Hall–Kier alpha value is -0.990. The van der Waals surface area contributed by atoms with Gasteiger partial charge in [0.15, 0.2) is 4.67 Å². The van der Waals surface area contributed by atoms with Crippen molar-refractivity contribution in [1.82, 2.24) is 0 Å². The first kappa shape index (κ1) is 9.25. The van der Waals surface area contributed by atoms with Crippen LogP contribution < -0.4 is 0 Å². The molecular formula is C12H6BrClO. The first-order valence-electron chi connectivity index (χ1n) is 4.52. The molecule has 1 heterocycles. The van der Waals surface area contributed by atoms with Crippen LogP contribution in [-0.4, -0.2) is 0 Å². The van der Waals surface area contributed by atoms with Crippen LogP contribution in [0.25, 0.3) is 21.7 Å². The molecule has 15 heavy (non-hydrogen) atoms. The van der Waals surface area contributed by atoms with Crippen LogP contribution in [0, 0.1) is 0 Å². The average molecular weight is 282 g/mol. The van der Waals surface area contributed by atoms with Crippen molar-refractivity contribution in [2.24, 2.45) is 0 Å². The van der Waals surface area contributed by atoms with Crippen molar-refractivity contribution >= 4 is 49.3 Å². The van der Waals surface area contributed by atoms with E-state index in [1.165, 1.54) is 0 Å². The highest BCUT2D eigenvalue weighted by Crippen LogP contribution is 2.34. The Balaban J connectivity index is 2.62. The van der Waals surface area contributed by atoms with Gasteiger partial charge < -0.3 is 4.42 Å². The molecule has 0 aliphatic carbocycles. The summed E-state index contributed by atoms with van der Waals surface area (Å²) in [6.45, 7) is 0. The summed E-state index contributed by atoms with van der Waals surface area (Å²) in [5.74, 6) is 0. The van der Waals surface area contributed by atoms with E-state index >= 15 is 0 Å². The molecule has 1 aromatic heterocycles. The minimum absolute atomic E-state index is 0.727. The van der Waals surface area contributed by atoms with Crippen LogP contribution in [0.4, 0.5) is 0 Å². The molecule has 0 radical (unpaired) electrons. The molecule has 3 heteroatoms. The molecule has 0 amide bonds. The maximum Gasteiger partial charge on any atom is 0.170 e. The second kappa shape index (κ2) is 3.26. The minimum atomic E-state index is 0.727. The van der Waals surface area contributed by atoms with Crippen LogP contribution in [0.3, 0.4) is 0 Å². The SMILES string of the molecule is Clc1cccc2ccc3oc(Br)cc3c12. The van der Waals surface area contributed by atoms with Gasteiger partial charge in [0.1, 0.15) is 5.58 Å². The Morgan fingerprint density at radius 2 is 2.00 bits per heavy atom. The molecule has 0 spiro atoms. The molecule has 0 bridgehead atoms. The number of fused-ring (bicyclic) bond motifs is 3. The molecule has 0 unspecified atom stereocenters. The van der Waals surface area contributed by atoms with Gasteiger partial charge in [0.2, 0.25) is 0 Å². The number of hydrogen-bond donors (Lipinski definition) is 0. The lowest BCUT2D eigenvalue weighted by atomic mass is 10.1. The lowest BCUT2D eigenvalue weighted by Crippen LogP contribution is -1.74. The van der Waals surface area contributed by atoms with E-state index in [0.717, 1.165) is 31.4 Å². The van der Waals surface area contributed by atoms with E-state index in [4.69, 9.17) is 16.0 Å². The van der Waals surface area contributed by atoms with Gasteiger partial charge in [-0.05, 0) is 39.5 Å². The zero-order valence-electron chi connectivity index (χ0n) is 7.63. The molecule has 0 N–H and O–H groups in total. The van der Waals surface area contributed by atoms with Crippen molar-refractivity contribution in [2.75, 3.05) is 0 Å². The molecule has 74 valence electrons. The van der Waals surface area contributed by atoms with Crippen LogP contribution in [0.5, 0.6) is 0 Å². The number of hydrogen-bond acceptors (Lipinski definition) is 1. The highest BCUT2D eigenvalue weighted by atomic mass is 79.9. The molecule has 0 saturated carbocycles. The van der Waals surface area contributed by atoms with Gasteiger partial charge in [0.05, 0.1) is 0 Å². The van der Waals surface area contributed by atoms with E-state index in [9.17, 15) is 0 Å². The van der Waals surface area contributed by atoms with Crippen LogP contribution in [0.2, 0.25) is 5.02 Å². The summed E-state index contributed by atoms with van der Waals surface area (Å²) in [7, 11) is 0. The Labute approximate surface area is 99.8 Å². The van der Waals surface area contributed by atoms with Crippen molar-refractivity contribution in [3.63, 3.8) is 0 Å². The maximum atomic E-state index is 6.19. The fourth-order valence-electron chi connectivity index (χ4n) is 1.82. The zero-order valence-corrected chi connectivity index (χ0v) is 9.97.